The van der Waals surface area contributed by atoms with Crippen LogP contribution in [0.3, 0.4) is 0 Å². The van der Waals surface area contributed by atoms with Crippen LogP contribution in [0.5, 0.6) is 0 Å². The number of rotatable bonds is 1. The summed E-state index contributed by atoms with van der Waals surface area (Å²) in [5.41, 5.74) is 4.42. The molecule has 0 bridgehead atoms. The van der Waals surface area contributed by atoms with Gasteiger partial charge in [0, 0.05) is 21.2 Å². The van der Waals surface area contributed by atoms with E-state index in [1.165, 1.54) is 10.8 Å². The van der Waals surface area contributed by atoms with Crippen molar-refractivity contribution in [2.75, 3.05) is 0 Å². The van der Waals surface area contributed by atoms with Gasteiger partial charge in [-0.05, 0) is 23.8 Å². The Hall–Kier alpha value is -3.24. The Morgan fingerprint density at radius 2 is 1.53 bits per heavy atom. The van der Waals surface area contributed by atoms with Crippen LogP contribution in [0.4, 0.5) is 0 Å². The molecule has 0 N–H and O–H groups in total. The molecule has 0 fully saturated rings. The van der Waals surface area contributed by atoms with E-state index in [0.717, 1.165) is 32.7 Å². The molecule has 1 aliphatic carbocycles. The highest BCUT2D eigenvalue weighted by Crippen LogP contribution is 2.35. The number of nitrogens with zero attached hydrogens (tertiary/aromatic N) is 3. The number of halogens is 1. The van der Waals surface area contributed by atoms with Crippen molar-refractivity contribution in [1.29, 1.82) is 0 Å². The average Bonchev–Trinajstić information content (AvgIpc) is 3.14. The maximum Gasteiger partial charge on any atom is 0.230 e. The molecule has 2 heterocycles. The predicted octanol–water partition coefficient (Wildman–Crippen LogP) is 6.37. The minimum Gasteiger partial charge on any atom is -0.278 e. The molecule has 30 heavy (non-hydrogen) atoms. The zero-order chi connectivity index (χ0) is 20.1. The Bertz CT molecular complexity index is 1410. The van der Waals surface area contributed by atoms with Crippen molar-refractivity contribution in [2.45, 2.75) is 6.04 Å². The first-order valence-electron chi connectivity index (χ1n) is 10.1. The summed E-state index contributed by atoms with van der Waals surface area (Å²) in [4.78, 5) is 10.2. The fourth-order valence-electron chi connectivity index (χ4n) is 4.48. The largest absolute Gasteiger partial charge is 0.278 e. The van der Waals surface area contributed by atoms with Gasteiger partial charge in [0.25, 0.3) is 0 Å². The first-order valence-corrected chi connectivity index (χ1v) is 10.9. The van der Waals surface area contributed by atoms with Gasteiger partial charge in [-0.15, -0.1) is 0 Å². The second kappa shape index (κ2) is 6.92. The van der Waals surface area contributed by atoms with Crippen LogP contribution >= 0.6 is 15.9 Å². The lowest BCUT2D eigenvalue weighted by molar-refractivity contribution is 0.703. The SMILES string of the molecule is Brc1cccc2c1c1ccccc1n2C1=NC2C=CC=CC2C(c2ccccc2)=N1. The van der Waals surface area contributed by atoms with Gasteiger partial charge in [0.15, 0.2) is 0 Å². The number of hydrogen-bond donors (Lipinski definition) is 0. The molecule has 0 saturated carbocycles. The summed E-state index contributed by atoms with van der Waals surface area (Å²) < 4.78 is 3.28. The van der Waals surface area contributed by atoms with E-state index in [0.29, 0.717) is 0 Å². The van der Waals surface area contributed by atoms with Crippen molar-refractivity contribution in [2.24, 2.45) is 15.9 Å². The van der Waals surface area contributed by atoms with E-state index in [9.17, 15) is 0 Å². The van der Waals surface area contributed by atoms with Crippen LogP contribution in [-0.4, -0.2) is 22.3 Å². The van der Waals surface area contributed by atoms with E-state index in [1.807, 2.05) is 6.07 Å². The van der Waals surface area contributed by atoms with Crippen molar-refractivity contribution in [3.63, 3.8) is 0 Å². The molecule has 2 aliphatic rings. The van der Waals surface area contributed by atoms with Crippen molar-refractivity contribution in [1.82, 2.24) is 4.57 Å². The topological polar surface area (TPSA) is 29.6 Å². The van der Waals surface area contributed by atoms with E-state index in [2.05, 4.69) is 112 Å². The third-order valence-corrected chi connectivity index (χ3v) is 6.48. The van der Waals surface area contributed by atoms with Crippen LogP contribution in [0.25, 0.3) is 21.8 Å². The Morgan fingerprint density at radius 1 is 0.767 bits per heavy atom. The summed E-state index contributed by atoms with van der Waals surface area (Å²) in [5.74, 6) is 0.889. The summed E-state index contributed by atoms with van der Waals surface area (Å²) in [6.45, 7) is 0. The molecular weight excluding hydrogens is 434 g/mol. The first-order chi connectivity index (χ1) is 14.8. The molecule has 0 radical (unpaired) electrons. The minimum atomic E-state index is 0.0427. The van der Waals surface area contributed by atoms with E-state index >= 15 is 0 Å². The highest BCUT2D eigenvalue weighted by Gasteiger charge is 2.30. The van der Waals surface area contributed by atoms with Crippen molar-refractivity contribution >= 4 is 49.4 Å². The number of allylic oxidation sites excluding steroid dienone is 2. The standard InChI is InChI=1S/C26H18BrN3/c27-20-13-8-16-23-24(20)19-12-5-7-15-22(19)30(23)26-28-21-14-6-4-11-18(21)25(29-26)17-9-2-1-3-10-17/h1-16,18,21H. The molecule has 0 spiro atoms. The Labute approximate surface area is 182 Å². The molecule has 0 saturated heterocycles. The van der Waals surface area contributed by atoms with Crippen molar-refractivity contribution in [3.8, 4) is 0 Å². The van der Waals surface area contributed by atoms with Crippen LogP contribution in [0.1, 0.15) is 5.56 Å². The fourth-order valence-corrected chi connectivity index (χ4v) is 5.05. The molecule has 144 valence electrons. The highest BCUT2D eigenvalue weighted by atomic mass is 79.9. The molecular formula is C26H18BrN3. The quantitative estimate of drug-likeness (QED) is 0.321. The lowest BCUT2D eigenvalue weighted by Crippen LogP contribution is -2.33. The second-order valence-electron chi connectivity index (χ2n) is 7.56. The Morgan fingerprint density at radius 3 is 2.43 bits per heavy atom. The normalized spacial score (nSPS) is 20.3. The fraction of sp³-hybridized carbons (Fsp3) is 0.0769. The third kappa shape index (κ3) is 2.64. The van der Waals surface area contributed by atoms with E-state index in [1.54, 1.807) is 0 Å². The van der Waals surface area contributed by atoms with Crippen LogP contribution < -0.4 is 0 Å². The number of hydrogen-bond acceptors (Lipinski definition) is 2. The number of aliphatic imine (C=N–C) groups is 2. The maximum atomic E-state index is 5.14. The highest BCUT2D eigenvalue weighted by molar-refractivity contribution is 9.10. The molecule has 2 atom stereocenters. The predicted molar refractivity (Wildman–Crippen MR) is 129 cm³/mol. The molecule has 3 aromatic carbocycles. The average molecular weight is 452 g/mol. The van der Waals surface area contributed by atoms with Gasteiger partial charge in [0.2, 0.25) is 5.96 Å². The molecule has 4 aromatic rings. The number of para-hydroxylation sites is 1. The summed E-state index contributed by atoms with van der Waals surface area (Å²) in [7, 11) is 0. The monoisotopic (exact) mass is 451 g/mol. The lowest BCUT2D eigenvalue weighted by Gasteiger charge is -2.28. The smallest absolute Gasteiger partial charge is 0.230 e. The van der Waals surface area contributed by atoms with Crippen LogP contribution in [0.15, 0.2) is 112 Å². The molecule has 1 aliphatic heterocycles. The zero-order valence-corrected chi connectivity index (χ0v) is 17.7. The number of benzene rings is 3. The van der Waals surface area contributed by atoms with Gasteiger partial charge in [0.1, 0.15) is 0 Å². The Balaban J connectivity index is 1.66. The molecule has 3 nitrogen and oxygen atoms in total. The lowest BCUT2D eigenvalue weighted by atomic mass is 9.86. The van der Waals surface area contributed by atoms with E-state index < -0.39 is 0 Å². The Kier molecular flexibility index (Phi) is 4.06. The van der Waals surface area contributed by atoms with Crippen LogP contribution in [-0.2, 0) is 0 Å². The van der Waals surface area contributed by atoms with Gasteiger partial charge in [-0.25, -0.2) is 9.98 Å². The second-order valence-corrected chi connectivity index (χ2v) is 8.42. The van der Waals surface area contributed by atoms with Crippen LogP contribution in [0.2, 0.25) is 0 Å². The maximum absolute atomic E-state index is 5.14. The molecule has 4 heteroatoms. The van der Waals surface area contributed by atoms with Gasteiger partial charge in [-0.3, -0.25) is 4.57 Å². The zero-order valence-electron chi connectivity index (χ0n) is 16.1. The van der Waals surface area contributed by atoms with Crippen molar-refractivity contribution in [3.05, 3.63) is 107 Å². The van der Waals surface area contributed by atoms with E-state index in [-0.39, 0.29) is 12.0 Å². The third-order valence-electron chi connectivity index (χ3n) is 5.82. The molecule has 1 aromatic heterocycles. The molecule has 2 unspecified atom stereocenters. The summed E-state index contributed by atoms with van der Waals surface area (Å²) >= 11 is 3.75. The summed E-state index contributed by atoms with van der Waals surface area (Å²) in [6.07, 6.45) is 8.56. The summed E-state index contributed by atoms with van der Waals surface area (Å²) in [6, 6.07) is 25.2. The van der Waals surface area contributed by atoms with Gasteiger partial charge in [0.05, 0.1) is 22.8 Å². The minimum absolute atomic E-state index is 0.0427. The van der Waals surface area contributed by atoms with Gasteiger partial charge in [-0.2, -0.15) is 0 Å². The number of aromatic nitrogens is 1. The molecule has 6 rings (SSSR count). The van der Waals surface area contributed by atoms with Gasteiger partial charge in [-0.1, -0.05) is 94.8 Å². The van der Waals surface area contributed by atoms with Crippen LogP contribution in [0, 0.1) is 5.92 Å². The summed E-state index contributed by atoms with van der Waals surface area (Å²) in [5, 5.41) is 2.38. The number of fused-ring (bicyclic) bond motifs is 4. The van der Waals surface area contributed by atoms with E-state index in [4.69, 9.17) is 9.98 Å². The van der Waals surface area contributed by atoms with Gasteiger partial charge >= 0.3 is 0 Å². The van der Waals surface area contributed by atoms with Crippen molar-refractivity contribution < 1.29 is 0 Å². The molecule has 0 amide bonds. The first kappa shape index (κ1) is 17.6. The van der Waals surface area contributed by atoms with Gasteiger partial charge < -0.3 is 0 Å².